The van der Waals surface area contributed by atoms with Crippen molar-refractivity contribution in [2.45, 2.75) is 62.0 Å². The summed E-state index contributed by atoms with van der Waals surface area (Å²) in [5.74, 6) is -0.233. The van der Waals surface area contributed by atoms with Gasteiger partial charge in [-0.1, -0.05) is 43.5 Å². The van der Waals surface area contributed by atoms with Gasteiger partial charge in [0, 0.05) is 12.5 Å². The normalized spacial score (nSPS) is 18.6. The Morgan fingerprint density at radius 2 is 1.76 bits per heavy atom. The molecule has 4 rings (SSSR count). The van der Waals surface area contributed by atoms with Crippen LogP contribution in [0.15, 0.2) is 53.4 Å². The molecule has 0 unspecified atom stereocenters. The summed E-state index contributed by atoms with van der Waals surface area (Å²) in [5.41, 5.74) is 1.47. The van der Waals surface area contributed by atoms with E-state index in [0.717, 1.165) is 37.7 Å². The summed E-state index contributed by atoms with van der Waals surface area (Å²) in [6.45, 7) is 0.0759. The number of methoxy groups -OCH3 is 1. The highest BCUT2D eigenvalue weighted by Gasteiger charge is 2.34. The lowest BCUT2D eigenvalue weighted by atomic mass is 9.96. The fraction of sp³-hybridized carbons (Fsp3) is 0.440. The molecule has 1 amide bonds. The molecule has 0 spiro atoms. The standard InChI is InChI=1S/C25H30N2O6S/c1-32-25(29)23-17-27(21-9-5-6-10-22(21)33-23)24(28)16-13-18-11-14-20(15-12-18)34(30,31)26-19-7-3-2-4-8-19/h5-6,9-12,14-15,19,23,26H,2-4,7-8,13,16-17H2,1H3/t23-/m0/s1. The quantitative estimate of drug-likeness (QED) is 0.603. The molecule has 1 saturated carbocycles. The molecular weight excluding hydrogens is 456 g/mol. The van der Waals surface area contributed by atoms with Crippen LogP contribution in [0.4, 0.5) is 5.69 Å². The van der Waals surface area contributed by atoms with Crippen LogP contribution in [0.1, 0.15) is 44.1 Å². The first kappa shape index (κ1) is 24.2. The van der Waals surface area contributed by atoms with Crippen LogP contribution in [0.3, 0.4) is 0 Å². The number of esters is 1. The van der Waals surface area contributed by atoms with Gasteiger partial charge in [-0.25, -0.2) is 17.9 Å². The average molecular weight is 487 g/mol. The zero-order valence-electron chi connectivity index (χ0n) is 19.2. The molecule has 1 aliphatic carbocycles. The molecule has 1 heterocycles. The number of carbonyl (C=O) groups is 2. The summed E-state index contributed by atoms with van der Waals surface area (Å²) in [6, 6.07) is 13.7. The maximum absolute atomic E-state index is 13.1. The summed E-state index contributed by atoms with van der Waals surface area (Å²) in [7, 11) is -2.27. The van der Waals surface area contributed by atoms with E-state index >= 15 is 0 Å². The molecule has 34 heavy (non-hydrogen) atoms. The van der Waals surface area contributed by atoms with Crippen molar-refractivity contribution in [1.29, 1.82) is 0 Å². The number of nitrogens with zero attached hydrogens (tertiary/aromatic N) is 1. The second-order valence-corrected chi connectivity index (χ2v) is 10.4. The maximum Gasteiger partial charge on any atom is 0.348 e. The average Bonchev–Trinajstić information content (AvgIpc) is 2.86. The van der Waals surface area contributed by atoms with Crippen LogP contribution in [0.2, 0.25) is 0 Å². The van der Waals surface area contributed by atoms with Crippen LogP contribution >= 0.6 is 0 Å². The van der Waals surface area contributed by atoms with E-state index < -0.39 is 22.1 Å². The van der Waals surface area contributed by atoms with Crippen molar-refractivity contribution in [1.82, 2.24) is 4.72 Å². The first-order chi connectivity index (χ1) is 16.4. The maximum atomic E-state index is 13.1. The molecule has 1 atom stereocenters. The molecule has 182 valence electrons. The van der Waals surface area contributed by atoms with Gasteiger partial charge in [-0.3, -0.25) is 4.79 Å². The van der Waals surface area contributed by atoms with Crippen LogP contribution in [0.5, 0.6) is 5.75 Å². The molecule has 9 heteroatoms. The molecule has 2 aromatic rings. The Bertz CT molecular complexity index is 1130. The van der Waals surface area contributed by atoms with Crippen molar-refractivity contribution in [3.8, 4) is 5.75 Å². The molecule has 0 saturated heterocycles. The van der Waals surface area contributed by atoms with Gasteiger partial charge in [-0.15, -0.1) is 0 Å². The minimum absolute atomic E-state index is 0.00117. The highest BCUT2D eigenvalue weighted by Crippen LogP contribution is 2.34. The third-order valence-electron chi connectivity index (χ3n) is 6.33. The Morgan fingerprint density at radius 1 is 1.06 bits per heavy atom. The number of carbonyl (C=O) groups excluding carboxylic acids is 2. The number of anilines is 1. The third-order valence-corrected chi connectivity index (χ3v) is 7.86. The molecule has 2 aliphatic rings. The van der Waals surface area contributed by atoms with E-state index in [-0.39, 0.29) is 29.8 Å². The summed E-state index contributed by atoms with van der Waals surface area (Å²) >= 11 is 0. The molecular formula is C25H30N2O6S. The molecule has 0 aromatic heterocycles. The molecule has 0 bridgehead atoms. The van der Waals surface area contributed by atoms with E-state index in [2.05, 4.69) is 4.72 Å². The minimum Gasteiger partial charge on any atom is -0.475 e. The van der Waals surface area contributed by atoms with Crippen molar-refractivity contribution in [3.05, 3.63) is 54.1 Å². The van der Waals surface area contributed by atoms with E-state index in [1.165, 1.54) is 7.11 Å². The molecule has 0 radical (unpaired) electrons. The zero-order chi connectivity index (χ0) is 24.1. The number of rotatable bonds is 7. The van der Waals surface area contributed by atoms with E-state index in [1.54, 1.807) is 47.4 Å². The van der Waals surface area contributed by atoms with Gasteiger partial charge in [-0.2, -0.15) is 0 Å². The van der Waals surface area contributed by atoms with Crippen molar-refractivity contribution >= 4 is 27.6 Å². The van der Waals surface area contributed by atoms with E-state index in [4.69, 9.17) is 9.47 Å². The number of sulfonamides is 1. The van der Waals surface area contributed by atoms with Gasteiger partial charge in [0.25, 0.3) is 0 Å². The predicted octanol–water partition coefficient (Wildman–Crippen LogP) is 3.20. The number of aryl methyl sites for hydroxylation is 1. The van der Waals surface area contributed by atoms with Crippen LogP contribution in [0.25, 0.3) is 0 Å². The summed E-state index contributed by atoms with van der Waals surface area (Å²) < 4.78 is 38.7. The third kappa shape index (κ3) is 5.59. The summed E-state index contributed by atoms with van der Waals surface area (Å²) in [5, 5.41) is 0. The van der Waals surface area contributed by atoms with E-state index in [9.17, 15) is 18.0 Å². The number of ether oxygens (including phenoxy) is 2. The van der Waals surface area contributed by atoms with E-state index in [1.807, 2.05) is 6.07 Å². The van der Waals surface area contributed by atoms with Crippen molar-refractivity contribution in [2.24, 2.45) is 0 Å². The lowest BCUT2D eigenvalue weighted by molar-refractivity contribution is -0.148. The second kappa shape index (κ2) is 10.6. The summed E-state index contributed by atoms with van der Waals surface area (Å²) in [4.78, 5) is 26.9. The van der Waals surface area contributed by atoms with Gasteiger partial charge in [0.2, 0.25) is 22.0 Å². The number of hydrogen-bond acceptors (Lipinski definition) is 6. The fourth-order valence-corrected chi connectivity index (χ4v) is 5.76. The van der Waals surface area contributed by atoms with Gasteiger partial charge in [0.1, 0.15) is 5.75 Å². The van der Waals surface area contributed by atoms with Crippen LogP contribution < -0.4 is 14.4 Å². The molecule has 8 nitrogen and oxygen atoms in total. The Labute approximate surface area is 200 Å². The molecule has 1 N–H and O–H groups in total. The Morgan fingerprint density at radius 3 is 2.47 bits per heavy atom. The highest BCUT2D eigenvalue weighted by atomic mass is 32.2. The minimum atomic E-state index is -3.56. The zero-order valence-corrected chi connectivity index (χ0v) is 20.1. The first-order valence-corrected chi connectivity index (χ1v) is 13.1. The first-order valence-electron chi connectivity index (χ1n) is 11.6. The number of benzene rings is 2. The van der Waals surface area contributed by atoms with Gasteiger partial charge in [-0.05, 0) is 49.1 Å². The van der Waals surface area contributed by atoms with Crippen molar-refractivity contribution in [3.63, 3.8) is 0 Å². The molecule has 1 aliphatic heterocycles. The van der Waals surface area contributed by atoms with Gasteiger partial charge < -0.3 is 14.4 Å². The number of hydrogen-bond donors (Lipinski definition) is 1. The van der Waals surface area contributed by atoms with Crippen LogP contribution in [-0.4, -0.2) is 46.1 Å². The van der Waals surface area contributed by atoms with Gasteiger partial charge >= 0.3 is 5.97 Å². The number of para-hydroxylation sites is 2. The Balaban J connectivity index is 1.39. The fourth-order valence-electron chi connectivity index (χ4n) is 4.45. The second-order valence-electron chi connectivity index (χ2n) is 8.70. The molecule has 2 aromatic carbocycles. The summed E-state index contributed by atoms with van der Waals surface area (Å²) in [6.07, 6.45) is 4.77. The van der Waals surface area contributed by atoms with Crippen LogP contribution in [0, 0.1) is 0 Å². The van der Waals surface area contributed by atoms with Crippen LogP contribution in [-0.2, 0) is 30.8 Å². The molecule has 1 fully saturated rings. The van der Waals surface area contributed by atoms with Crippen molar-refractivity contribution in [2.75, 3.05) is 18.6 Å². The van der Waals surface area contributed by atoms with Gasteiger partial charge in [0.05, 0.1) is 24.2 Å². The SMILES string of the molecule is COC(=O)[C@@H]1CN(C(=O)CCc2ccc(S(=O)(=O)NC3CCCCC3)cc2)c2ccccc2O1. The Hall–Kier alpha value is -2.91. The van der Waals surface area contributed by atoms with E-state index in [0.29, 0.717) is 17.9 Å². The lowest BCUT2D eigenvalue weighted by Gasteiger charge is -2.33. The number of amides is 1. The number of fused-ring (bicyclic) bond motifs is 1. The topological polar surface area (TPSA) is 102 Å². The largest absolute Gasteiger partial charge is 0.475 e. The Kier molecular flexibility index (Phi) is 7.53. The predicted molar refractivity (Wildman–Crippen MR) is 127 cm³/mol. The highest BCUT2D eigenvalue weighted by molar-refractivity contribution is 7.89. The van der Waals surface area contributed by atoms with Crippen molar-refractivity contribution < 1.29 is 27.5 Å². The van der Waals surface area contributed by atoms with Gasteiger partial charge in [0.15, 0.2) is 0 Å². The number of nitrogens with one attached hydrogen (secondary N) is 1. The lowest BCUT2D eigenvalue weighted by Crippen LogP contribution is -2.47. The monoisotopic (exact) mass is 486 g/mol. The smallest absolute Gasteiger partial charge is 0.348 e.